The molecule has 25 heavy (non-hydrogen) atoms. The number of hydrogen-bond acceptors (Lipinski definition) is 3. The molecule has 0 aliphatic rings. The van der Waals surface area contributed by atoms with Crippen LogP contribution >= 0.6 is 0 Å². The predicted molar refractivity (Wildman–Crippen MR) is 109 cm³/mol. The van der Waals surface area contributed by atoms with Crippen LogP contribution in [0.1, 0.15) is 18.9 Å². The van der Waals surface area contributed by atoms with Gasteiger partial charge >= 0.3 is 29.6 Å². The van der Waals surface area contributed by atoms with Gasteiger partial charge in [-0.2, -0.15) is 0 Å². The second kappa shape index (κ2) is 17.1. The fraction of sp³-hybridized carbons (Fsp3) is 0.600. The van der Waals surface area contributed by atoms with E-state index in [0.717, 1.165) is 50.4 Å². The summed E-state index contributed by atoms with van der Waals surface area (Å²) in [6.07, 6.45) is 1.08. The van der Waals surface area contributed by atoms with Gasteiger partial charge in [0.15, 0.2) is 0 Å². The molecule has 0 aliphatic carbocycles. The second-order valence-corrected chi connectivity index (χ2v) is 6.60. The van der Waals surface area contributed by atoms with Gasteiger partial charge in [0.2, 0.25) is 0 Å². The van der Waals surface area contributed by atoms with Gasteiger partial charge < -0.3 is 20.0 Å². The van der Waals surface area contributed by atoms with Crippen molar-refractivity contribution in [3.05, 3.63) is 47.8 Å². The molecule has 0 saturated heterocycles. The zero-order chi connectivity index (χ0) is 18.4. The maximum Gasteiger partial charge on any atom is 1.00 e. The molecule has 0 spiro atoms. The van der Waals surface area contributed by atoms with E-state index < -0.39 is 0 Å². The van der Waals surface area contributed by atoms with Crippen molar-refractivity contribution in [3.8, 4) is 0 Å². The second-order valence-electron chi connectivity index (χ2n) is 6.60. The number of likely N-dealkylation sites (N-methyl/N-ethyl adjacent to an activating group) is 3. The summed E-state index contributed by atoms with van der Waals surface area (Å²) in [5, 5.41) is 4.32. The van der Waals surface area contributed by atoms with Crippen molar-refractivity contribution in [2.45, 2.75) is 13.3 Å². The minimum atomic E-state index is 0. The van der Waals surface area contributed by atoms with Crippen molar-refractivity contribution < 1.29 is 29.6 Å². The third-order valence-corrected chi connectivity index (χ3v) is 3.49. The molecule has 0 heterocycles. The van der Waals surface area contributed by atoms with E-state index in [2.05, 4.69) is 68.8 Å². The molecule has 5 heteroatoms. The van der Waals surface area contributed by atoms with Gasteiger partial charge in [-0.05, 0) is 40.8 Å². The average Bonchev–Trinajstić information content (AvgIpc) is 2.57. The number of nitrogens with zero attached hydrogens (tertiary/aromatic N) is 4. The Labute approximate surface area is 178 Å². The third-order valence-electron chi connectivity index (χ3n) is 3.49. The Balaban J connectivity index is 0. The summed E-state index contributed by atoms with van der Waals surface area (Å²) >= 11 is 0. The smallest absolute Gasteiger partial charge is 0.684 e. The van der Waals surface area contributed by atoms with Crippen LogP contribution in [0.5, 0.6) is 0 Å². The molecule has 0 atom stereocenters. The summed E-state index contributed by atoms with van der Waals surface area (Å²) in [6.45, 7) is 11.5. The van der Waals surface area contributed by atoms with E-state index in [1.54, 1.807) is 0 Å². The van der Waals surface area contributed by atoms with Crippen LogP contribution in [-0.4, -0.2) is 82.7 Å². The van der Waals surface area contributed by atoms with Gasteiger partial charge in [0.25, 0.3) is 0 Å². The molecule has 138 valence electrons. The fourth-order valence-electron chi connectivity index (χ4n) is 1.82. The van der Waals surface area contributed by atoms with E-state index in [1.165, 1.54) is 0 Å². The van der Waals surface area contributed by atoms with Crippen LogP contribution < -0.4 is 29.6 Å². The first-order chi connectivity index (χ1) is 11.4. The Bertz CT molecular complexity index is 409. The molecule has 0 bridgehead atoms. The van der Waals surface area contributed by atoms with E-state index in [0.29, 0.717) is 0 Å². The number of benzene rings is 1. The van der Waals surface area contributed by atoms with Gasteiger partial charge in [-0.25, -0.2) is 0 Å². The Morgan fingerprint density at radius 1 is 0.880 bits per heavy atom. The minimum absolute atomic E-state index is 0. The molecule has 1 aromatic carbocycles. The molecule has 0 fully saturated rings. The molecular weight excluding hydrogens is 319 g/mol. The molecule has 4 nitrogen and oxygen atoms in total. The Morgan fingerprint density at radius 3 is 1.76 bits per heavy atom. The molecule has 1 aromatic rings. The van der Waals surface area contributed by atoms with Gasteiger partial charge in [0.05, 0.1) is 0 Å². The Hall–Kier alpha value is -0.360. The Kier molecular flexibility index (Phi) is 18.3. The SMILES string of the molecule is C=C([N-]CCC)c1ccccc1.CN(C)CCN(C)CCN(C)C.[Na+]. The van der Waals surface area contributed by atoms with Crippen molar-refractivity contribution in [2.24, 2.45) is 0 Å². The molecule has 0 saturated carbocycles. The summed E-state index contributed by atoms with van der Waals surface area (Å²) in [4.78, 5) is 6.79. The maximum absolute atomic E-state index is 4.32. The van der Waals surface area contributed by atoms with Crippen molar-refractivity contribution in [1.82, 2.24) is 14.7 Å². The van der Waals surface area contributed by atoms with Crippen molar-refractivity contribution in [3.63, 3.8) is 0 Å². The molecule has 0 N–H and O–H groups in total. The van der Waals surface area contributed by atoms with Gasteiger partial charge in [0, 0.05) is 26.2 Å². The van der Waals surface area contributed by atoms with E-state index in [4.69, 9.17) is 0 Å². The van der Waals surface area contributed by atoms with E-state index in [9.17, 15) is 0 Å². The zero-order valence-electron chi connectivity index (χ0n) is 17.6. The normalized spacial score (nSPS) is 10.3. The first-order valence-electron chi connectivity index (χ1n) is 8.76. The molecule has 0 amide bonds. The van der Waals surface area contributed by atoms with Gasteiger partial charge in [-0.3, -0.25) is 0 Å². The summed E-state index contributed by atoms with van der Waals surface area (Å²) < 4.78 is 0. The van der Waals surface area contributed by atoms with Crippen LogP contribution in [0.25, 0.3) is 11.0 Å². The minimum Gasteiger partial charge on any atom is -0.684 e. The molecule has 0 radical (unpaired) electrons. The Morgan fingerprint density at radius 2 is 1.36 bits per heavy atom. The molecule has 0 aliphatic heterocycles. The number of rotatable bonds is 10. The molecule has 1 rings (SSSR count). The van der Waals surface area contributed by atoms with E-state index >= 15 is 0 Å². The molecule has 0 unspecified atom stereocenters. The van der Waals surface area contributed by atoms with Crippen LogP contribution in [-0.2, 0) is 0 Å². The van der Waals surface area contributed by atoms with E-state index in [1.807, 2.05) is 30.3 Å². The van der Waals surface area contributed by atoms with Crippen molar-refractivity contribution in [2.75, 3.05) is 68.0 Å². The summed E-state index contributed by atoms with van der Waals surface area (Å²) in [5.41, 5.74) is 2.00. The van der Waals surface area contributed by atoms with Gasteiger partial charge in [-0.1, -0.05) is 43.7 Å². The quantitative estimate of drug-likeness (QED) is 0.570. The van der Waals surface area contributed by atoms with Crippen LogP contribution in [0, 0.1) is 0 Å². The van der Waals surface area contributed by atoms with E-state index in [-0.39, 0.29) is 29.6 Å². The monoisotopic (exact) mass is 356 g/mol. The molecular formula is C20H37N4Na. The maximum atomic E-state index is 4.32. The first-order valence-corrected chi connectivity index (χ1v) is 8.76. The predicted octanol–water partition coefficient (Wildman–Crippen LogP) is 0.486. The van der Waals surface area contributed by atoms with Crippen molar-refractivity contribution in [1.29, 1.82) is 0 Å². The standard InChI is InChI=1S/C11H14N.C9H23N3.Na/c1-3-9-12-10(2)11-7-5-4-6-8-11;1-10(2)6-8-12(5)9-7-11(3)4;/h4-8H,2-3,9H2,1H3;6-9H2,1-5H3;/q-1;;+1. The summed E-state index contributed by atoms with van der Waals surface area (Å²) in [7, 11) is 10.6. The number of hydrogen-bond donors (Lipinski definition) is 0. The average molecular weight is 357 g/mol. The van der Waals surface area contributed by atoms with Crippen LogP contribution in [0.4, 0.5) is 0 Å². The third kappa shape index (κ3) is 16.8. The van der Waals surface area contributed by atoms with Gasteiger partial charge in [0.1, 0.15) is 0 Å². The fourth-order valence-corrected chi connectivity index (χ4v) is 1.82. The van der Waals surface area contributed by atoms with Crippen LogP contribution in [0.15, 0.2) is 36.9 Å². The van der Waals surface area contributed by atoms with Crippen molar-refractivity contribution >= 4 is 5.70 Å². The van der Waals surface area contributed by atoms with Crippen LogP contribution in [0.2, 0.25) is 0 Å². The topological polar surface area (TPSA) is 23.8 Å². The van der Waals surface area contributed by atoms with Crippen LogP contribution in [0.3, 0.4) is 0 Å². The van der Waals surface area contributed by atoms with Gasteiger partial charge in [-0.15, -0.1) is 18.8 Å². The molecule has 0 aromatic heterocycles. The largest absolute Gasteiger partial charge is 1.00 e. The summed E-state index contributed by atoms with van der Waals surface area (Å²) in [5.74, 6) is 0. The first kappa shape index (κ1) is 26.9. The summed E-state index contributed by atoms with van der Waals surface area (Å²) in [6, 6.07) is 10.1. The zero-order valence-corrected chi connectivity index (χ0v) is 19.6.